The Hall–Kier alpha value is -1.69. The normalized spacial score (nSPS) is 16.0. The Balaban J connectivity index is 2.17. The van der Waals surface area contributed by atoms with Gasteiger partial charge in [0.15, 0.2) is 5.54 Å². The van der Waals surface area contributed by atoms with E-state index >= 15 is 0 Å². The highest BCUT2D eigenvalue weighted by atomic mass is 35.7. The SMILES string of the molecule is C[C@](NOCc1ccccc1)(C(=O)OP(=O)(O)Cl)c1ccccc1. The fourth-order valence-corrected chi connectivity index (χ4v) is 2.60. The van der Waals surface area contributed by atoms with E-state index in [1.165, 1.54) is 6.92 Å². The van der Waals surface area contributed by atoms with Gasteiger partial charge in [-0.3, -0.25) is 4.84 Å². The summed E-state index contributed by atoms with van der Waals surface area (Å²) in [5.41, 5.74) is 2.49. The summed E-state index contributed by atoms with van der Waals surface area (Å²) >= 11 is 5.15. The molecule has 2 aromatic rings. The van der Waals surface area contributed by atoms with Gasteiger partial charge in [0.2, 0.25) is 0 Å². The van der Waals surface area contributed by atoms with E-state index in [4.69, 9.17) is 21.0 Å². The molecule has 0 bridgehead atoms. The molecule has 0 heterocycles. The molecular formula is C16H17ClNO5P. The molecule has 0 aliphatic carbocycles. The fourth-order valence-electron chi connectivity index (χ4n) is 2.02. The van der Waals surface area contributed by atoms with Gasteiger partial charge in [-0.2, -0.15) is 5.48 Å². The zero-order valence-electron chi connectivity index (χ0n) is 12.9. The summed E-state index contributed by atoms with van der Waals surface area (Å²) in [5, 5.41) is 0. The van der Waals surface area contributed by atoms with Crippen LogP contribution in [0.4, 0.5) is 0 Å². The lowest BCUT2D eigenvalue weighted by Crippen LogP contribution is -2.47. The minimum Gasteiger partial charge on any atom is -0.379 e. The number of hydrogen-bond acceptors (Lipinski definition) is 5. The number of carbonyl (C=O) groups excluding carboxylic acids is 1. The van der Waals surface area contributed by atoms with Crippen LogP contribution in [0.1, 0.15) is 18.1 Å². The number of hydrogen-bond donors (Lipinski definition) is 2. The van der Waals surface area contributed by atoms with E-state index in [2.05, 4.69) is 10.0 Å². The molecule has 2 aromatic carbocycles. The first-order chi connectivity index (χ1) is 11.3. The summed E-state index contributed by atoms with van der Waals surface area (Å²) in [6.07, 6.45) is 0. The molecule has 2 rings (SSSR count). The van der Waals surface area contributed by atoms with Crippen molar-refractivity contribution in [3.8, 4) is 0 Å². The molecule has 2 N–H and O–H groups in total. The maximum atomic E-state index is 12.3. The highest BCUT2D eigenvalue weighted by molar-refractivity contribution is 7.80. The molecule has 0 aliphatic heterocycles. The lowest BCUT2D eigenvalue weighted by atomic mass is 9.93. The van der Waals surface area contributed by atoms with Crippen molar-refractivity contribution in [2.75, 3.05) is 0 Å². The van der Waals surface area contributed by atoms with Gasteiger partial charge in [-0.05, 0) is 18.1 Å². The van der Waals surface area contributed by atoms with E-state index in [1.54, 1.807) is 30.3 Å². The first kappa shape index (κ1) is 18.6. The molecule has 0 saturated carbocycles. The molecule has 0 aromatic heterocycles. The number of halogens is 1. The molecule has 128 valence electrons. The van der Waals surface area contributed by atoms with E-state index in [0.717, 1.165) is 5.56 Å². The second-order valence-corrected chi connectivity index (χ2v) is 7.56. The molecule has 0 radical (unpaired) electrons. The van der Waals surface area contributed by atoms with Crippen LogP contribution < -0.4 is 5.48 Å². The maximum Gasteiger partial charge on any atom is 0.476 e. The summed E-state index contributed by atoms with van der Waals surface area (Å²) < 4.78 is 15.7. The lowest BCUT2D eigenvalue weighted by Gasteiger charge is -2.28. The van der Waals surface area contributed by atoms with E-state index < -0.39 is 18.5 Å². The van der Waals surface area contributed by atoms with Crippen molar-refractivity contribution < 1.29 is 23.6 Å². The van der Waals surface area contributed by atoms with E-state index in [0.29, 0.717) is 5.56 Å². The van der Waals surface area contributed by atoms with Crippen LogP contribution >= 0.6 is 18.2 Å². The third-order valence-corrected chi connectivity index (χ3v) is 3.91. The molecule has 6 nitrogen and oxygen atoms in total. The number of rotatable bonds is 7. The second kappa shape index (κ2) is 7.92. The van der Waals surface area contributed by atoms with Crippen molar-refractivity contribution in [2.45, 2.75) is 19.1 Å². The van der Waals surface area contributed by atoms with Gasteiger partial charge in [0.05, 0.1) is 6.61 Å². The van der Waals surface area contributed by atoms with Crippen LogP contribution in [-0.4, -0.2) is 10.9 Å². The van der Waals surface area contributed by atoms with Crippen LogP contribution in [0.5, 0.6) is 0 Å². The molecule has 24 heavy (non-hydrogen) atoms. The second-order valence-electron chi connectivity index (χ2n) is 5.20. The Morgan fingerprint density at radius 1 is 1.17 bits per heavy atom. The van der Waals surface area contributed by atoms with Crippen molar-refractivity contribution in [3.63, 3.8) is 0 Å². The highest BCUT2D eigenvalue weighted by Gasteiger charge is 2.40. The predicted molar refractivity (Wildman–Crippen MR) is 89.9 cm³/mol. The van der Waals surface area contributed by atoms with Gasteiger partial charge in [-0.15, -0.1) is 0 Å². The molecule has 0 saturated heterocycles. The predicted octanol–water partition coefficient (Wildman–Crippen LogP) is 3.51. The standard InChI is InChI=1S/C16H17ClNO5P/c1-16(14-10-6-3-7-11-14,15(19)23-24(17,20)21)18-22-12-13-8-4-2-5-9-13/h2-11,18H,12H2,1H3,(H,20,21)/t16-/m1/s1. The highest BCUT2D eigenvalue weighted by Crippen LogP contribution is 2.49. The molecule has 8 heteroatoms. The minimum atomic E-state index is -4.50. The Bertz CT molecular complexity index is 722. The molecule has 1 unspecified atom stereocenters. The van der Waals surface area contributed by atoms with E-state index in [9.17, 15) is 9.36 Å². The largest absolute Gasteiger partial charge is 0.476 e. The van der Waals surface area contributed by atoms with Crippen LogP contribution in [-0.2, 0) is 30.9 Å². The summed E-state index contributed by atoms with van der Waals surface area (Å²) in [5.74, 6) is -1.03. The molecule has 0 aliphatic rings. The molecule has 0 spiro atoms. The van der Waals surface area contributed by atoms with Gasteiger partial charge in [0, 0.05) is 11.2 Å². The molecular weight excluding hydrogens is 353 g/mol. The first-order valence-corrected chi connectivity index (χ1v) is 9.54. The van der Waals surface area contributed by atoms with Gasteiger partial charge in [0.25, 0.3) is 0 Å². The van der Waals surface area contributed by atoms with Crippen LogP contribution in [0.15, 0.2) is 60.7 Å². The van der Waals surface area contributed by atoms with Gasteiger partial charge in [0.1, 0.15) is 0 Å². The average molecular weight is 370 g/mol. The Labute approximate surface area is 144 Å². The third-order valence-electron chi connectivity index (χ3n) is 3.31. The first-order valence-electron chi connectivity index (χ1n) is 7.06. The van der Waals surface area contributed by atoms with Crippen LogP contribution in [0.3, 0.4) is 0 Å². The lowest BCUT2D eigenvalue weighted by molar-refractivity contribution is -0.150. The zero-order valence-corrected chi connectivity index (χ0v) is 14.5. The van der Waals surface area contributed by atoms with Gasteiger partial charge in [-0.25, -0.2) is 9.36 Å². The van der Waals surface area contributed by atoms with Crippen LogP contribution in [0, 0.1) is 0 Å². The quantitative estimate of drug-likeness (QED) is 0.574. The van der Waals surface area contributed by atoms with Crippen molar-refractivity contribution in [3.05, 3.63) is 71.8 Å². The Morgan fingerprint density at radius 3 is 2.25 bits per heavy atom. The van der Waals surface area contributed by atoms with Crippen molar-refractivity contribution >= 4 is 24.2 Å². The topological polar surface area (TPSA) is 84.9 Å². The maximum absolute atomic E-state index is 12.3. The Morgan fingerprint density at radius 2 is 1.71 bits per heavy atom. The van der Waals surface area contributed by atoms with Crippen molar-refractivity contribution in [2.24, 2.45) is 0 Å². The summed E-state index contributed by atoms with van der Waals surface area (Å²) in [6.45, 7) is -2.84. The number of hydroxylamine groups is 1. The van der Waals surface area contributed by atoms with Crippen LogP contribution in [0.25, 0.3) is 0 Å². The summed E-state index contributed by atoms with van der Waals surface area (Å²) in [4.78, 5) is 26.9. The monoisotopic (exact) mass is 369 g/mol. The zero-order chi connectivity index (χ0) is 17.6. The number of carbonyl (C=O) groups is 1. The minimum absolute atomic E-state index is 0.189. The molecule has 0 fully saturated rings. The number of nitrogens with one attached hydrogen (secondary N) is 1. The van der Waals surface area contributed by atoms with Crippen LogP contribution in [0.2, 0.25) is 0 Å². The molecule has 2 atom stereocenters. The van der Waals surface area contributed by atoms with Gasteiger partial charge in [-0.1, -0.05) is 60.7 Å². The number of benzene rings is 2. The fraction of sp³-hybridized carbons (Fsp3) is 0.188. The Kier molecular flexibility index (Phi) is 6.15. The van der Waals surface area contributed by atoms with E-state index in [-0.39, 0.29) is 6.61 Å². The van der Waals surface area contributed by atoms with Crippen molar-refractivity contribution in [1.82, 2.24) is 5.48 Å². The smallest absolute Gasteiger partial charge is 0.379 e. The van der Waals surface area contributed by atoms with Gasteiger partial charge < -0.3 is 9.42 Å². The van der Waals surface area contributed by atoms with E-state index in [1.807, 2.05) is 30.3 Å². The third kappa shape index (κ3) is 5.16. The van der Waals surface area contributed by atoms with Gasteiger partial charge >= 0.3 is 12.9 Å². The average Bonchev–Trinajstić information content (AvgIpc) is 2.55. The summed E-state index contributed by atoms with van der Waals surface area (Å²) in [7, 11) is 0. The molecule has 0 amide bonds. The van der Waals surface area contributed by atoms with Crippen molar-refractivity contribution in [1.29, 1.82) is 0 Å². The summed E-state index contributed by atoms with van der Waals surface area (Å²) in [6, 6.07) is 17.9.